The highest BCUT2D eigenvalue weighted by atomic mass is 35.5. The highest BCUT2D eigenvalue weighted by Gasteiger charge is 2.29. The molecular formula is C22H24ClN3O5S. The third-order valence-corrected chi connectivity index (χ3v) is 7.87. The van der Waals surface area contributed by atoms with Crippen molar-refractivity contribution >= 4 is 38.6 Å². The van der Waals surface area contributed by atoms with Crippen LogP contribution in [-0.4, -0.2) is 36.3 Å². The van der Waals surface area contributed by atoms with Crippen LogP contribution in [0.4, 0.5) is 0 Å². The zero-order valence-corrected chi connectivity index (χ0v) is 19.2. The van der Waals surface area contributed by atoms with Crippen LogP contribution in [0.25, 0.3) is 11.1 Å². The van der Waals surface area contributed by atoms with Gasteiger partial charge in [-0.2, -0.15) is 4.31 Å². The van der Waals surface area contributed by atoms with Gasteiger partial charge in [-0.3, -0.25) is 9.36 Å². The first-order chi connectivity index (χ1) is 15.2. The molecule has 2 aromatic carbocycles. The van der Waals surface area contributed by atoms with E-state index in [9.17, 15) is 18.0 Å². The summed E-state index contributed by atoms with van der Waals surface area (Å²) in [6.07, 6.45) is 1.64. The maximum atomic E-state index is 13.0. The van der Waals surface area contributed by atoms with E-state index in [0.717, 1.165) is 18.4 Å². The number of oxazole rings is 1. The number of nitrogens with one attached hydrogen (secondary N) is 1. The number of rotatable bonds is 6. The fraction of sp³-hybridized carbons (Fsp3) is 0.364. The molecule has 3 aromatic rings. The van der Waals surface area contributed by atoms with Crippen LogP contribution in [0.3, 0.4) is 0 Å². The Morgan fingerprint density at radius 3 is 2.53 bits per heavy atom. The lowest BCUT2D eigenvalue weighted by Crippen LogP contribution is -2.37. The molecule has 1 amide bonds. The first-order valence-corrected chi connectivity index (χ1v) is 12.2. The van der Waals surface area contributed by atoms with Gasteiger partial charge < -0.3 is 9.73 Å². The molecule has 4 rings (SSSR count). The average Bonchev–Trinajstić information content (AvgIpc) is 3.08. The Balaban J connectivity index is 1.50. The number of hydrogen-bond donors (Lipinski definition) is 1. The van der Waals surface area contributed by atoms with Gasteiger partial charge in [-0.05, 0) is 48.6 Å². The van der Waals surface area contributed by atoms with Crippen molar-refractivity contribution < 1.29 is 17.6 Å². The lowest BCUT2D eigenvalue weighted by molar-refractivity contribution is -0.121. The number of fused-ring (bicyclic) bond motifs is 1. The maximum absolute atomic E-state index is 13.0. The van der Waals surface area contributed by atoms with Gasteiger partial charge in [-0.15, -0.1) is 0 Å². The van der Waals surface area contributed by atoms with E-state index in [0.29, 0.717) is 29.5 Å². The number of nitrogens with zero attached hydrogens (tertiary/aromatic N) is 2. The van der Waals surface area contributed by atoms with Crippen LogP contribution in [0, 0.1) is 5.92 Å². The Kier molecular flexibility index (Phi) is 6.41. The second-order valence-corrected chi connectivity index (χ2v) is 10.4. The molecule has 1 N–H and O–H groups in total. The number of benzene rings is 2. The second kappa shape index (κ2) is 9.09. The van der Waals surface area contributed by atoms with Crippen LogP contribution >= 0.6 is 11.6 Å². The molecule has 8 nitrogen and oxygen atoms in total. The molecule has 0 spiro atoms. The highest BCUT2D eigenvalue weighted by molar-refractivity contribution is 7.89. The summed E-state index contributed by atoms with van der Waals surface area (Å²) in [5.74, 6) is -0.589. The lowest BCUT2D eigenvalue weighted by atomic mass is 10.0. The van der Waals surface area contributed by atoms with Gasteiger partial charge in [0.05, 0.1) is 10.4 Å². The zero-order valence-electron chi connectivity index (χ0n) is 17.6. The number of halogens is 1. The summed E-state index contributed by atoms with van der Waals surface area (Å²) < 4.78 is 33.8. The summed E-state index contributed by atoms with van der Waals surface area (Å²) in [5, 5.41) is 3.35. The molecule has 1 fully saturated rings. The first-order valence-electron chi connectivity index (χ1n) is 10.4. The summed E-state index contributed by atoms with van der Waals surface area (Å²) in [6, 6.07) is 11.4. The summed E-state index contributed by atoms with van der Waals surface area (Å²) in [5.41, 5.74) is 1.36. The van der Waals surface area contributed by atoms with Gasteiger partial charge in [0.1, 0.15) is 6.54 Å². The Hall–Kier alpha value is -2.62. The molecule has 1 aliphatic rings. The van der Waals surface area contributed by atoms with Crippen LogP contribution < -0.4 is 11.1 Å². The summed E-state index contributed by atoms with van der Waals surface area (Å²) in [4.78, 5) is 24.8. The normalized spacial score (nSPS) is 15.8. The largest absolute Gasteiger partial charge is 0.420 e. The number of carbonyl (C=O) groups is 1. The monoisotopic (exact) mass is 477 g/mol. The first kappa shape index (κ1) is 22.6. The number of piperidine rings is 1. The number of hydrogen-bond acceptors (Lipinski definition) is 5. The Morgan fingerprint density at radius 2 is 1.84 bits per heavy atom. The second-order valence-electron chi connectivity index (χ2n) is 8.07. The van der Waals surface area contributed by atoms with Gasteiger partial charge in [0, 0.05) is 30.7 Å². The Morgan fingerprint density at radius 1 is 1.16 bits per heavy atom. The molecule has 170 valence electrons. The van der Waals surface area contributed by atoms with E-state index in [1.54, 1.807) is 24.3 Å². The summed E-state index contributed by atoms with van der Waals surface area (Å²) in [7, 11) is -3.67. The predicted octanol–water partition coefficient (Wildman–Crippen LogP) is 2.98. The van der Waals surface area contributed by atoms with Crippen molar-refractivity contribution in [3.8, 4) is 0 Å². The van der Waals surface area contributed by atoms with Crippen molar-refractivity contribution in [2.24, 2.45) is 5.92 Å². The minimum absolute atomic E-state index is 0.0765. The van der Waals surface area contributed by atoms with Gasteiger partial charge in [0.2, 0.25) is 15.9 Å². The SMILES string of the molecule is CC1CCN(S(=O)(=O)c2ccc3c(c2)oc(=O)n3CC(=O)NCc2ccc(Cl)cc2)CC1. The standard InChI is InChI=1S/C22H24ClN3O5S/c1-15-8-10-25(11-9-15)32(29,30)18-6-7-19-20(12-18)31-22(28)26(19)14-21(27)24-13-16-2-4-17(23)5-3-16/h2-7,12,15H,8-11,13-14H2,1H3,(H,24,27). The topological polar surface area (TPSA) is 102 Å². The molecule has 10 heteroatoms. The fourth-order valence-electron chi connectivity index (χ4n) is 3.73. The van der Waals surface area contributed by atoms with Gasteiger partial charge in [-0.1, -0.05) is 30.7 Å². The predicted molar refractivity (Wildman–Crippen MR) is 121 cm³/mol. The lowest BCUT2D eigenvalue weighted by Gasteiger charge is -2.29. The minimum Gasteiger partial charge on any atom is -0.408 e. The molecule has 0 radical (unpaired) electrons. The molecular weight excluding hydrogens is 454 g/mol. The van der Waals surface area contributed by atoms with E-state index in [1.165, 1.54) is 27.1 Å². The van der Waals surface area contributed by atoms with Gasteiger partial charge >= 0.3 is 5.76 Å². The van der Waals surface area contributed by atoms with Crippen molar-refractivity contribution in [1.29, 1.82) is 0 Å². The van der Waals surface area contributed by atoms with Crippen LogP contribution in [-0.2, 0) is 27.9 Å². The zero-order chi connectivity index (χ0) is 22.9. The molecule has 1 aliphatic heterocycles. The van der Waals surface area contributed by atoms with Crippen LogP contribution in [0.2, 0.25) is 5.02 Å². The van der Waals surface area contributed by atoms with E-state index in [-0.39, 0.29) is 29.5 Å². The van der Waals surface area contributed by atoms with Crippen molar-refractivity contribution in [2.45, 2.75) is 37.8 Å². The van der Waals surface area contributed by atoms with Crippen molar-refractivity contribution in [1.82, 2.24) is 14.2 Å². The van der Waals surface area contributed by atoms with E-state index < -0.39 is 15.8 Å². The van der Waals surface area contributed by atoms with Gasteiger partial charge in [-0.25, -0.2) is 13.2 Å². The summed E-state index contributed by atoms with van der Waals surface area (Å²) in [6.45, 7) is 3.10. The van der Waals surface area contributed by atoms with Crippen molar-refractivity contribution in [3.05, 3.63) is 63.6 Å². The maximum Gasteiger partial charge on any atom is 0.420 e. The molecule has 0 saturated carbocycles. The molecule has 0 bridgehead atoms. The molecule has 2 heterocycles. The number of sulfonamides is 1. The smallest absolute Gasteiger partial charge is 0.408 e. The van der Waals surface area contributed by atoms with E-state index in [1.807, 2.05) is 0 Å². The number of aromatic nitrogens is 1. The van der Waals surface area contributed by atoms with Crippen molar-refractivity contribution in [2.75, 3.05) is 13.1 Å². The summed E-state index contributed by atoms with van der Waals surface area (Å²) >= 11 is 5.86. The van der Waals surface area contributed by atoms with Gasteiger partial charge in [0.25, 0.3) is 0 Å². The van der Waals surface area contributed by atoms with E-state index >= 15 is 0 Å². The fourth-order valence-corrected chi connectivity index (χ4v) is 5.35. The Bertz CT molecular complexity index is 1290. The van der Waals surface area contributed by atoms with Crippen LogP contribution in [0.1, 0.15) is 25.3 Å². The minimum atomic E-state index is -3.67. The third-order valence-electron chi connectivity index (χ3n) is 5.72. The highest BCUT2D eigenvalue weighted by Crippen LogP contribution is 2.25. The average molecular weight is 478 g/mol. The van der Waals surface area contributed by atoms with E-state index in [2.05, 4.69) is 12.2 Å². The Labute approximate surface area is 190 Å². The molecule has 32 heavy (non-hydrogen) atoms. The van der Waals surface area contributed by atoms with Crippen LogP contribution in [0.5, 0.6) is 0 Å². The van der Waals surface area contributed by atoms with Crippen molar-refractivity contribution in [3.63, 3.8) is 0 Å². The van der Waals surface area contributed by atoms with Crippen LogP contribution in [0.15, 0.2) is 56.6 Å². The van der Waals surface area contributed by atoms with Gasteiger partial charge in [0.15, 0.2) is 5.58 Å². The number of amides is 1. The molecule has 0 atom stereocenters. The molecule has 1 aromatic heterocycles. The molecule has 0 unspecified atom stereocenters. The quantitative estimate of drug-likeness (QED) is 0.588. The molecule has 0 aliphatic carbocycles. The molecule has 1 saturated heterocycles. The number of carbonyl (C=O) groups excluding carboxylic acids is 1. The van der Waals surface area contributed by atoms with E-state index in [4.69, 9.17) is 16.0 Å². The third kappa shape index (κ3) is 4.74.